The van der Waals surface area contributed by atoms with E-state index in [1.807, 2.05) is 6.92 Å². The number of benzene rings is 2. The van der Waals surface area contributed by atoms with Crippen LogP contribution in [0.5, 0.6) is 17.2 Å². The van der Waals surface area contributed by atoms with Gasteiger partial charge in [-0.15, -0.1) is 0 Å². The first kappa shape index (κ1) is 17.0. The topological polar surface area (TPSA) is 106 Å². The lowest BCUT2D eigenvalue weighted by molar-refractivity contribution is -0.384. The SMILES string of the molecule is COc1ccc(C2NNC(C)C2Oc2ccc([N+](=O)[O-])cc2)c(O)c1. The molecular formula is C17H19N3O5. The van der Waals surface area contributed by atoms with Crippen LogP contribution in [0.4, 0.5) is 5.69 Å². The lowest BCUT2D eigenvalue weighted by Gasteiger charge is -2.23. The predicted molar refractivity (Wildman–Crippen MR) is 90.6 cm³/mol. The summed E-state index contributed by atoms with van der Waals surface area (Å²) in [4.78, 5) is 10.3. The number of hydrazine groups is 1. The van der Waals surface area contributed by atoms with Gasteiger partial charge in [0.25, 0.3) is 5.69 Å². The number of ether oxygens (including phenoxy) is 2. The molecule has 0 aliphatic carbocycles. The van der Waals surface area contributed by atoms with E-state index < -0.39 is 4.92 Å². The highest BCUT2D eigenvalue weighted by atomic mass is 16.6. The number of nitro benzene ring substituents is 1. The number of nitrogens with one attached hydrogen (secondary N) is 2. The quantitative estimate of drug-likeness (QED) is 0.564. The van der Waals surface area contributed by atoms with E-state index in [1.54, 1.807) is 30.3 Å². The minimum absolute atomic E-state index is 0.00687. The normalized spacial score (nSPS) is 22.6. The number of methoxy groups -OCH3 is 1. The Hall–Kier alpha value is -2.84. The van der Waals surface area contributed by atoms with E-state index in [1.165, 1.54) is 19.2 Å². The fraction of sp³-hybridized carbons (Fsp3) is 0.294. The van der Waals surface area contributed by atoms with Crippen LogP contribution in [0.15, 0.2) is 42.5 Å². The van der Waals surface area contributed by atoms with Crippen molar-refractivity contribution in [2.45, 2.75) is 25.1 Å². The summed E-state index contributed by atoms with van der Waals surface area (Å²) >= 11 is 0. The van der Waals surface area contributed by atoms with Gasteiger partial charge in [0.1, 0.15) is 23.4 Å². The molecule has 3 atom stereocenters. The van der Waals surface area contributed by atoms with Gasteiger partial charge in [-0.1, -0.05) is 0 Å². The molecule has 0 aromatic heterocycles. The molecule has 1 saturated heterocycles. The Balaban J connectivity index is 1.82. The summed E-state index contributed by atoms with van der Waals surface area (Å²) in [5, 5.41) is 21.0. The van der Waals surface area contributed by atoms with Crippen molar-refractivity contribution in [1.82, 2.24) is 10.9 Å². The molecule has 3 rings (SSSR count). The molecule has 132 valence electrons. The molecule has 1 aliphatic heterocycles. The van der Waals surface area contributed by atoms with Crippen LogP contribution >= 0.6 is 0 Å². The van der Waals surface area contributed by atoms with Gasteiger partial charge < -0.3 is 14.6 Å². The van der Waals surface area contributed by atoms with Crippen LogP contribution in [0.25, 0.3) is 0 Å². The predicted octanol–water partition coefficient (Wildman–Crippen LogP) is 2.29. The van der Waals surface area contributed by atoms with Gasteiger partial charge in [-0.3, -0.25) is 15.5 Å². The Morgan fingerprint density at radius 1 is 1.12 bits per heavy atom. The molecule has 3 N–H and O–H groups in total. The molecule has 25 heavy (non-hydrogen) atoms. The molecule has 1 heterocycles. The molecule has 3 unspecified atom stereocenters. The Morgan fingerprint density at radius 3 is 2.40 bits per heavy atom. The summed E-state index contributed by atoms with van der Waals surface area (Å²) in [5.41, 5.74) is 6.89. The third-order valence-electron chi connectivity index (χ3n) is 4.18. The Kier molecular flexibility index (Phi) is 4.73. The van der Waals surface area contributed by atoms with Gasteiger partial charge in [0.2, 0.25) is 0 Å². The second-order valence-electron chi connectivity index (χ2n) is 5.81. The van der Waals surface area contributed by atoms with Crippen LogP contribution < -0.4 is 20.3 Å². The maximum Gasteiger partial charge on any atom is 0.269 e. The van der Waals surface area contributed by atoms with E-state index in [0.717, 1.165) is 0 Å². The van der Waals surface area contributed by atoms with Gasteiger partial charge in [0, 0.05) is 23.8 Å². The smallest absolute Gasteiger partial charge is 0.269 e. The Labute approximate surface area is 144 Å². The highest BCUT2D eigenvalue weighted by Crippen LogP contribution is 2.34. The lowest BCUT2D eigenvalue weighted by Crippen LogP contribution is -2.33. The zero-order valence-electron chi connectivity index (χ0n) is 13.8. The molecule has 0 bridgehead atoms. The first-order valence-electron chi connectivity index (χ1n) is 7.78. The van der Waals surface area contributed by atoms with Crippen molar-refractivity contribution in [2.24, 2.45) is 0 Å². The number of nitrogens with zero attached hydrogens (tertiary/aromatic N) is 1. The van der Waals surface area contributed by atoms with Crippen LogP contribution in [0.3, 0.4) is 0 Å². The molecule has 1 fully saturated rings. The van der Waals surface area contributed by atoms with Crippen molar-refractivity contribution in [1.29, 1.82) is 0 Å². The van der Waals surface area contributed by atoms with E-state index in [4.69, 9.17) is 9.47 Å². The number of aromatic hydroxyl groups is 1. The summed E-state index contributed by atoms with van der Waals surface area (Å²) in [5.74, 6) is 1.18. The maximum absolute atomic E-state index is 10.7. The molecule has 1 aliphatic rings. The standard InChI is InChI=1S/C17H19N3O5/c1-10-17(25-12-5-3-11(4-6-12)20(22)23)16(19-18-10)14-8-7-13(24-2)9-15(14)21/h3-10,16-19,21H,1-2H3. The first-order chi connectivity index (χ1) is 12.0. The number of hydrogen-bond donors (Lipinski definition) is 3. The van der Waals surface area contributed by atoms with Crippen LogP contribution in [0, 0.1) is 10.1 Å². The summed E-state index contributed by atoms with van der Waals surface area (Å²) < 4.78 is 11.1. The second-order valence-corrected chi connectivity index (χ2v) is 5.81. The van der Waals surface area contributed by atoms with Crippen molar-refractivity contribution in [2.75, 3.05) is 7.11 Å². The molecule has 2 aromatic rings. The molecular weight excluding hydrogens is 326 g/mol. The third-order valence-corrected chi connectivity index (χ3v) is 4.18. The highest BCUT2D eigenvalue weighted by Gasteiger charge is 2.37. The maximum atomic E-state index is 10.7. The zero-order chi connectivity index (χ0) is 18.0. The van der Waals surface area contributed by atoms with E-state index in [2.05, 4.69) is 10.9 Å². The highest BCUT2D eigenvalue weighted by molar-refractivity contribution is 5.43. The average molecular weight is 345 g/mol. The lowest BCUT2D eigenvalue weighted by atomic mass is 9.98. The van der Waals surface area contributed by atoms with Gasteiger partial charge in [-0.05, 0) is 31.2 Å². The van der Waals surface area contributed by atoms with E-state index in [-0.39, 0.29) is 29.6 Å². The van der Waals surface area contributed by atoms with Crippen LogP contribution in [0.2, 0.25) is 0 Å². The summed E-state index contributed by atoms with van der Waals surface area (Å²) in [6.07, 6.45) is -0.319. The van der Waals surface area contributed by atoms with Gasteiger partial charge in [0.15, 0.2) is 0 Å². The largest absolute Gasteiger partial charge is 0.507 e. The Morgan fingerprint density at radius 2 is 1.80 bits per heavy atom. The van der Waals surface area contributed by atoms with E-state index >= 15 is 0 Å². The number of non-ortho nitro benzene ring substituents is 1. The number of phenols is 1. The molecule has 2 aromatic carbocycles. The van der Waals surface area contributed by atoms with Gasteiger partial charge >= 0.3 is 0 Å². The van der Waals surface area contributed by atoms with Gasteiger partial charge in [0.05, 0.1) is 24.1 Å². The second kappa shape index (κ2) is 6.96. The van der Waals surface area contributed by atoms with Crippen molar-refractivity contribution < 1.29 is 19.5 Å². The molecule has 8 nitrogen and oxygen atoms in total. The molecule has 8 heteroatoms. The van der Waals surface area contributed by atoms with E-state index in [0.29, 0.717) is 17.1 Å². The van der Waals surface area contributed by atoms with Crippen molar-refractivity contribution in [3.63, 3.8) is 0 Å². The minimum Gasteiger partial charge on any atom is -0.507 e. The summed E-state index contributed by atoms with van der Waals surface area (Å²) in [6, 6.07) is 10.7. The van der Waals surface area contributed by atoms with Crippen molar-refractivity contribution in [3.05, 3.63) is 58.1 Å². The van der Waals surface area contributed by atoms with E-state index in [9.17, 15) is 15.2 Å². The van der Waals surface area contributed by atoms with Gasteiger partial charge in [-0.25, -0.2) is 5.43 Å². The zero-order valence-corrected chi connectivity index (χ0v) is 13.8. The average Bonchev–Trinajstić information content (AvgIpc) is 2.96. The monoisotopic (exact) mass is 345 g/mol. The van der Waals surface area contributed by atoms with Crippen molar-refractivity contribution >= 4 is 5.69 Å². The van der Waals surface area contributed by atoms with Crippen molar-refractivity contribution in [3.8, 4) is 17.2 Å². The number of phenolic OH excluding ortho intramolecular Hbond substituents is 1. The molecule has 0 amide bonds. The number of hydrogen-bond acceptors (Lipinski definition) is 7. The summed E-state index contributed by atoms with van der Waals surface area (Å²) in [7, 11) is 1.53. The van der Waals surface area contributed by atoms with Crippen LogP contribution in [-0.4, -0.2) is 29.3 Å². The fourth-order valence-corrected chi connectivity index (χ4v) is 2.82. The molecule has 0 saturated carbocycles. The number of nitro groups is 1. The first-order valence-corrected chi connectivity index (χ1v) is 7.78. The van der Waals surface area contributed by atoms with Gasteiger partial charge in [-0.2, -0.15) is 0 Å². The summed E-state index contributed by atoms with van der Waals surface area (Å²) in [6.45, 7) is 1.95. The minimum atomic E-state index is -0.455. The van der Waals surface area contributed by atoms with Crippen LogP contribution in [0.1, 0.15) is 18.5 Å². The molecule has 0 radical (unpaired) electrons. The Bertz CT molecular complexity index is 765. The number of rotatable bonds is 5. The molecule has 0 spiro atoms. The van der Waals surface area contributed by atoms with Crippen LogP contribution in [-0.2, 0) is 0 Å². The third kappa shape index (κ3) is 3.49. The fourth-order valence-electron chi connectivity index (χ4n) is 2.82.